The molecule has 0 radical (unpaired) electrons. The molecule has 0 aliphatic heterocycles. The second-order valence-corrected chi connectivity index (χ2v) is 5.87. The molecule has 1 heterocycles. The highest BCUT2D eigenvalue weighted by molar-refractivity contribution is 9.10. The number of halogens is 1. The molecule has 0 fully saturated rings. The average molecular weight is 325 g/mol. The Kier molecular flexibility index (Phi) is 4.14. The number of thiazole rings is 1. The maximum atomic E-state index is 12.2. The van der Waals surface area contributed by atoms with E-state index in [1.54, 1.807) is 17.5 Å². The van der Waals surface area contributed by atoms with Crippen molar-refractivity contribution in [2.75, 3.05) is 0 Å². The van der Waals surface area contributed by atoms with Gasteiger partial charge in [0.1, 0.15) is 5.01 Å². The lowest BCUT2D eigenvalue weighted by atomic mass is 10.1. The molecule has 5 heteroatoms. The summed E-state index contributed by atoms with van der Waals surface area (Å²) in [6.07, 6.45) is 1.74. The number of aryl methyl sites for hydroxylation is 1. The van der Waals surface area contributed by atoms with Gasteiger partial charge in [-0.1, -0.05) is 22.0 Å². The van der Waals surface area contributed by atoms with Crippen molar-refractivity contribution in [1.82, 2.24) is 10.3 Å². The molecule has 0 spiro atoms. The summed E-state index contributed by atoms with van der Waals surface area (Å²) in [6.45, 7) is 3.86. The van der Waals surface area contributed by atoms with Crippen LogP contribution in [0.15, 0.2) is 34.2 Å². The minimum Gasteiger partial charge on any atom is -0.343 e. The molecule has 1 N–H and O–H groups in total. The van der Waals surface area contributed by atoms with E-state index in [4.69, 9.17) is 0 Å². The summed E-state index contributed by atoms with van der Waals surface area (Å²) in [5.74, 6) is -0.0727. The third kappa shape index (κ3) is 2.97. The lowest BCUT2D eigenvalue weighted by molar-refractivity contribution is 0.0939. The van der Waals surface area contributed by atoms with E-state index in [-0.39, 0.29) is 11.9 Å². The highest BCUT2D eigenvalue weighted by atomic mass is 79.9. The Morgan fingerprint density at radius 2 is 2.28 bits per heavy atom. The van der Waals surface area contributed by atoms with Crippen molar-refractivity contribution in [2.24, 2.45) is 0 Å². The first kappa shape index (κ1) is 13.2. The van der Waals surface area contributed by atoms with Gasteiger partial charge in [0.15, 0.2) is 0 Å². The van der Waals surface area contributed by atoms with E-state index in [9.17, 15) is 4.79 Å². The molecule has 0 saturated heterocycles. The van der Waals surface area contributed by atoms with E-state index in [1.165, 1.54) is 0 Å². The fraction of sp³-hybridized carbons (Fsp3) is 0.231. The fourth-order valence-electron chi connectivity index (χ4n) is 1.62. The Morgan fingerprint density at radius 3 is 2.94 bits per heavy atom. The molecule has 2 rings (SSSR count). The van der Waals surface area contributed by atoms with Crippen LogP contribution in [0.2, 0.25) is 0 Å². The highest BCUT2D eigenvalue weighted by Crippen LogP contribution is 2.19. The minimum absolute atomic E-state index is 0.0727. The van der Waals surface area contributed by atoms with Gasteiger partial charge in [0, 0.05) is 21.6 Å². The summed E-state index contributed by atoms with van der Waals surface area (Å²) in [5, 5.41) is 5.77. The zero-order chi connectivity index (χ0) is 13.1. The Hall–Kier alpha value is -1.20. The summed E-state index contributed by atoms with van der Waals surface area (Å²) < 4.78 is 0.903. The number of carbonyl (C=O) groups excluding carboxylic acids is 1. The summed E-state index contributed by atoms with van der Waals surface area (Å²) >= 11 is 4.92. The standard InChI is InChI=1S/C13H13BrN2OS/c1-8-3-4-10(14)7-11(8)12(17)16-9(2)13-15-5-6-18-13/h3-7,9H,1-2H3,(H,16,17). The number of amides is 1. The van der Waals surface area contributed by atoms with Crippen molar-refractivity contribution in [2.45, 2.75) is 19.9 Å². The quantitative estimate of drug-likeness (QED) is 0.935. The lowest BCUT2D eigenvalue weighted by Crippen LogP contribution is -2.27. The van der Waals surface area contributed by atoms with E-state index in [0.29, 0.717) is 5.56 Å². The number of benzene rings is 1. The molecule has 1 amide bonds. The van der Waals surface area contributed by atoms with Gasteiger partial charge in [-0.3, -0.25) is 4.79 Å². The summed E-state index contributed by atoms with van der Waals surface area (Å²) in [7, 11) is 0. The second-order valence-electron chi connectivity index (χ2n) is 4.02. The van der Waals surface area contributed by atoms with Crippen LogP contribution in [0.5, 0.6) is 0 Å². The van der Waals surface area contributed by atoms with Crippen LogP contribution in [0.4, 0.5) is 0 Å². The molecule has 94 valence electrons. The molecule has 1 unspecified atom stereocenters. The topological polar surface area (TPSA) is 42.0 Å². The van der Waals surface area contributed by atoms with Gasteiger partial charge >= 0.3 is 0 Å². The van der Waals surface area contributed by atoms with Crippen LogP contribution < -0.4 is 5.32 Å². The summed E-state index contributed by atoms with van der Waals surface area (Å²) in [6, 6.07) is 5.61. The van der Waals surface area contributed by atoms with Gasteiger partial charge in [0.05, 0.1) is 6.04 Å². The van der Waals surface area contributed by atoms with E-state index in [2.05, 4.69) is 26.2 Å². The molecule has 0 aliphatic carbocycles. The predicted octanol–water partition coefficient (Wildman–Crippen LogP) is 3.71. The van der Waals surface area contributed by atoms with Crippen LogP contribution in [-0.4, -0.2) is 10.9 Å². The number of nitrogens with one attached hydrogen (secondary N) is 1. The Balaban J connectivity index is 2.15. The molecule has 3 nitrogen and oxygen atoms in total. The lowest BCUT2D eigenvalue weighted by Gasteiger charge is -2.12. The normalized spacial score (nSPS) is 12.2. The molecule has 1 atom stereocenters. The number of rotatable bonds is 3. The molecular weight excluding hydrogens is 312 g/mol. The third-order valence-electron chi connectivity index (χ3n) is 2.61. The Bertz CT molecular complexity index is 554. The summed E-state index contributed by atoms with van der Waals surface area (Å²) in [5.41, 5.74) is 1.65. The molecule has 1 aromatic heterocycles. The van der Waals surface area contributed by atoms with Crippen LogP contribution in [0.1, 0.15) is 33.9 Å². The SMILES string of the molecule is Cc1ccc(Br)cc1C(=O)NC(C)c1nccs1. The molecule has 18 heavy (non-hydrogen) atoms. The molecular formula is C13H13BrN2OS. The first-order valence-electron chi connectivity index (χ1n) is 5.54. The van der Waals surface area contributed by atoms with E-state index < -0.39 is 0 Å². The Labute approximate surface area is 118 Å². The number of nitrogens with zero attached hydrogens (tertiary/aromatic N) is 1. The van der Waals surface area contributed by atoms with Gasteiger partial charge < -0.3 is 5.32 Å². The average Bonchev–Trinajstić information content (AvgIpc) is 2.85. The zero-order valence-electron chi connectivity index (χ0n) is 10.1. The number of hydrogen-bond acceptors (Lipinski definition) is 3. The van der Waals surface area contributed by atoms with Crippen molar-refractivity contribution in [3.63, 3.8) is 0 Å². The smallest absolute Gasteiger partial charge is 0.252 e. The van der Waals surface area contributed by atoms with Gasteiger partial charge in [0.2, 0.25) is 0 Å². The highest BCUT2D eigenvalue weighted by Gasteiger charge is 2.15. The summed E-state index contributed by atoms with van der Waals surface area (Å²) in [4.78, 5) is 16.4. The van der Waals surface area contributed by atoms with Gasteiger partial charge in [-0.05, 0) is 31.5 Å². The van der Waals surface area contributed by atoms with E-state index in [0.717, 1.165) is 15.0 Å². The zero-order valence-corrected chi connectivity index (χ0v) is 12.5. The minimum atomic E-state index is -0.0733. The van der Waals surface area contributed by atoms with Crippen LogP contribution in [0.25, 0.3) is 0 Å². The van der Waals surface area contributed by atoms with Crippen molar-refractivity contribution < 1.29 is 4.79 Å². The van der Waals surface area contributed by atoms with Crippen LogP contribution >= 0.6 is 27.3 Å². The van der Waals surface area contributed by atoms with Crippen molar-refractivity contribution >= 4 is 33.2 Å². The second kappa shape index (κ2) is 5.63. The molecule has 0 aliphatic rings. The van der Waals surface area contributed by atoms with Crippen LogP contribution in [-0.2, 0) is 0 Å². The van der Waals surface area contributed by atoms with Crippen molar-refractivity contribution in [3.8, 4) is 0 Å². The van der Waals surface area contributed by atoms with E-state index in [1.807, 2.05) is 37.4 Å². The van der Waals surface area contributed by atoms with E-state index >= 15 is 0 Å². The first-order valence-corrected chi connectivity index (χ1v) is 7.21. The van der Waals surface area contributed by atoms with Gasteiger partial charge in [-0.25, -0.2) is 4.98 Å². The van der Waals surface area contributed by atoms with Crippen LogP contribution in [0.3, 0.4) is 0 Å². The largest absolute Gasteiger partial charge is 0.343 e. The van der Waals surface area contributed by atoms with Crippen molar-refractivity contribution in [1.29, 1.82) is 0 Å². The van der Waals surface area contributed by atoms with Gasteiger partial charge in [-0.2, -0.15) is 0 Å². The number of hydrogen-bond donors (Lipinski definition) is 1. The molecule has 0 saturated carbocycles. The molecule has 1 aromatic carbocycles. The molecule has 2 aromatic rings. The van der Waals surface area contributed by atoms with Crippen molar-refractivity contribution in [3.05, 3.63) is 50.4 Å². The third-order valence-corrected chi connectivity index (χ3v) is 4.07. The monoisotopic (exact) mass is 324 g/mol. The number of aromatic nitrogens is 1. The first-order chi connectivity index (χ1) is 8.58. The maximum Gasteiger partial charge on any atom is 0.252 e. The fourth-order valence-corrected chi connectivity index (χ4v) is 2.63. The van der Waals surface area contributed by atoms with Crippen LogP contribution in [0, 0.1) is 6.92 Å². The number of carbonyl (C=O) groups is 1. The predicted molar refractivity (Wildman–Crippen MR) is 76.9 cm³/mol. The van der Waals surface area contributed by atoms with Gasteiger partial charge in [-0.15, -0.1) is 11.3 Å². The Morgan fingerprint density at radius 1 is 1.50 bits per heavy atom. The molecule has 0 bridgehead atoms. The maximum absolute atomic E-state index is 12.2. The van der Waals surface area contributed by atoms with Gasteiger partial charge in [0.25, 0.3) is 5.91 Å².